The highest BCUT2D eigenvalue weighted by atomic mass is 32.2. The number of nitrogens with one attached hydrogen (secondary N) is 1. The summed E-state index contributed by atoms with van der Waals surface area (Å²) in [5.74, 6) is 2.23. The fraction of sp³-hybridized carbons (Fsp3) is 0.957. The van der Waals surface area contributed by atoms with E-state index in [1.807, 2.05) is 11.8 Å². The molecule has 0 saturated carbocycles. The largest absolute Gasteiger partial charge is 0.466 e. The van der Waals surface area contributed by atoms with Crippen LogP contribution < -0.4 is 5.32 Å². The first kappa shape index (κ1) is 34.1. The number of carbonyl (C=O) groups is 1. The lowest BCUT2D eigenvalue weighted by Gasteiger charge is -2.10. The molecule has 7 nitrogen and oxygen atoms in total. The van der Waals surface area contributed by atoms with E-state index in [1.165, 1.54) is 103 Å². The SMILES string of the molecule is CCCCCCCCCCCCCCCCSCCC(O)CCNC(C)=O.O=P(O)(O)O. The van der Waals surface area contributed by atoms with Gasteiger partial charge in [-0.05, 0) is 30.8 Å². The maximum absolute atomic E-state index is 10.8. The van der Waals surface area contributed by atoms with Crippen LogP contribution in [0, 0.1) is 0 Å². The van der Waals surface area contributed by atoms with E-state index in [0.717, 1.165) is 12.2 Å². The summed E-state index contributed by atoms with van der Waals surface area (Å²) in [6.07, 6.45) is 21.0. The van der Waals surface area contributed by atoms with E-state index >= 15 is 0 Å². The maximum Gasteiger partial charge on any atom is 0.466 e. The second-order valence-corrected chi connectivity index (χ2v) is 10.7. The molecule has 0 aromatic heterocycles. The number of amides is 1. The number of hydrogen-bond donors (Lipinski definition) is 5. The summed E-state index contributed by atoms with van der Waals surface area (Å²) >= 11 is 1.96. The fourth-order valence-electron chi connectivity index (χ4n) is 3.28. The van der Waals surface area contributed by atoms with Gasteiger partial charge in [-0.1, -0.05) is 90.4 Å². The predicted octanol–water partition coefficient (Wildman–Crippen LogP) is 5.55. The molecule has 0 aliphatic carbocycles. The Balaban J connectivity index is 0. The van der Waals surface area contributed by atoms with Gasteiger partial charge < -0.3 is 25.1 Å². The maximum atomic E-state index is 10.8. The van der Waals surface area contributed by atoms with Gasteiger partial charge in [-0.3, -0.25) is 4.79 Å². The molecule has 0 aliphatic heterocycles. The summed E-state index contributed by atoms with van der Waals surface area (Å²) in [4.78, 5) is 32.3. The molecule has 0 fully saturated rings. The fourth-order valence-corrected chi connectivity index (χ4v) is 4.33. The van der Waals surface area contributed by atoms with Crippen LogP contribution in [0.5, 0.6) is 0 Å². The average molecular weight is 500 g/mol. The Hall–Kier alpha value is -0.110. The average Bonchev–Trinajstić information content (AvgIpc) is 2.69. The van der Waals surface area contributed by atoms with Crippen molar-refractivity contribution in [3.05, 3.63) is 0 Å². The minimum Gasteiger partial charge on any atom is -0.393 e. The molecule has 0 heterocycles. The Morgan fingerprint density at radius 3 is 1.59 bits per heavy atom. The van der Waals surface area contributed by atoms with Crippen LogP contribution >= 0.6 is 19.6 Å². The first-order valence-corrected chi connectivity index (χ1v) is 15.2. The third kappa shape index (κ3) is 40.3. The van der Waals surface area contributed by atoms with E-state index in [9.17, 15) is 9.90 Å². The smallest absolute Gasteiger partial charge is 0.393 e. The van der Waals surface area contributed by atoms with Crippen LogP contribution in [0.25, 0.3) is 0 Å². The summed E-state index contributed by atoms with van der Waals surface area (Å²) in [6, 6.07) is 0. The molecule has 32 heavy (non-hydrogen) atoms. The van der Waals surface area contributed by atoms with Crippen molar-refractivity contribution < 1.29 is 29.1 Å². The molecule has 0 radical (unpaired) electrons. The van der Waals surface area contributed by atoms with Gasteiger partial charge in [0.15, 0.2) is 0 Å². The minimum atomic E-state index is -4.64. The molecule has 0 saturated heterocycles. The zero-order valence-corrected chi connectivity index (χ0v) is 22.2. The van der Waals surface area contributed by atoms with Crippen molar-refractivity contribution in [2.24, 2.45) is 0 Å². The number of carbonyl (C=O) groups excluding carboxylic acids is 1. The first-order valence-electron chi connectivity index (χ1n) is 12.4. The van der Waals surface area contributed by atoms with Gasteiger partial charge >= 0.3 is 7.82 Å². The van der Waals surface area contributed by atoms with E-state index in [2.05, 4.69) is 12.2 Å². The summed E-state index contributed by atoms with van der Waals surface area (Å²) in [5.41, 5.74) is 0. The number of phosphoric acid groups is 1. The molecule has 9 heteroatoms. The number of rotatable bonds is 21. The number of hydrogen-bond acceptors (Lipinski definition) is 4. The number of aliphatic hydroxyl groups is 1. The Morgan fingerprint density at radius 2 is 1.19 bits per heavy atom. The van der Waals surface area contributed by atoms with Crippen LogP contribution in [0.1, 0.15) is 117 Å². The summed E-state index contributed by atoms with van der Waals surface area (Å²) in [7, 11) is -4.64. The zero-order chi connectivity index (χ0) is 24.5. The molecule has 5 N–H and O–H groups in total. The Morgan fingerprint density at radius 1 is 0.781 bits per heavy atom. The van der Waals surface area contributed by atoms with Crippen LogP contribution in [0.4, 0.5) is 0 Å². The van der Waals surface area contributed by atoms with E-state index in [0.29, 0.717) is 13.0 Å². The number of aliphatic hydroxyl groups excluding tert-OH is 1. The molecule has 0 aliphatic rings. The quantitative estimate of drug-likeness (QED) is 0.103. The van der Waals surface area contributed by atoms with Crippen LogP contribution in [0.15, 0.2) is 0 Å². The summed E-state index contributed by atoms with van der Waals surface area (Å²) in [5, 5.41) is 12.6. The van der Waals surface area contributed by atoms with E-state index in [-0.39, 0.29) is 12.0 Å². The van der Waals surface area contributed by atoms with Gasteiger partial charge in [-0.25, -0.2) is 4.57 Å². The molecule has 0 rings (SSSR count). The second-order valence-electron chi connectivity index (χ2n) is 8.44. The molecule has 0 aromatic rings. The van der Waals surface area contributed by atoms with Gasteiger partial charge in [-0.15, -0.1) is 0 Å². The summed E-state index contributed by atoms with van der Waals surface area (Å²) in [6.45, 7) is 4.38. The normalized spacial score (nSPS) is 12.2. The van der Waals surface area contributed by atoms with Crippen LogP contribution in [0.2, 0.25) is 0 Å². The van der Waals surface area contributed by atoms with Crippen molar-refractivity contribution >= 4 is 25.5 Å². The Labute approximate surface area is 200 Å². The van der Waals surface area contributed by atoms with Crippen molar-refractivity contribution in [2.75, 3.05) is 18.1 Å². The molecular formula is C23H50NO6PS. The zero-order valence-electron chi connectivity index (χ0n) is 20.5. The molecule has 1 unspecified atom stereocenters. The van der Waals surface area contributed by atoms with E-state index in [4.69, 9.17) is 19.2 Å². The van der Waals surface area contributed by atoms with Crippen molar-refractivity contribution in [3.8, 4) is 0 Å². The van der Waals surface area contributed by atoms with Gasteiger partial charge in [0, 0.05) is 13.5 Å². The van der Waals surface area contributed by atoms with Crippen molar-refractivity contribution in [2.45, 2.75) is 123 Å². The van der Waals surface area contributed by atoms with Gasteiger partial charge in [0.25, 0.3) is 0 Å². The molecule has 1 atom stereocenters. The van der Waals surface area contributed by atoms with Gasteiger partial charge in [0.05, 0.1) is 6.10 Å². The lowest BCUT2D eigenvalue weighted by Crippen LogP contribution is -2.24. The summed E-state index contributed by atoms with van der Waals surface area (Å²) < 4.78 is 8.88. The van der Waals surface area contributed by atoms with Gasteiger partial charge in [0.2, 0.25) is 5.91 Å². The standard InChI is InChI=1S/C23H47NO2S.H3O4P/c1-3-4-5-6-7-8-9-10-11-12-13-14-15-16-20-27-21-18-23(26)17-19-24-22(2)25;1-5(2,3)4/h23,26H,3-21H2,1-2H3,(H,24,25);(H3,1,2,3,4). The second kappa shape index (κ2) is 25.5. The molecule has 1 amide bonds. The topological polar surface area (TPSA) is 127 Å². The number of thioether (sulfide) groups is 1. The monoisotopic (exact) mass is 499 g/mol. The van der Waals surface area contributed by atoms with Crippen molar-refractivity contribution in [3.63, 3.8) is 0 Å². The third-order valence-electron chi connectivity index (χ3n) is 5.09. The Kier molecular flexibility index (Phi) is 27.2. The third-order valence-corrected chi connectivity index (χ3v) is 6.19. The molecule has 0 spiro atoms. The van der Waals surface area contributed by atoms with E-state index < -0.39 is 7.82 Å². The minimum absolute atomic E-state index is 0.0191. The molecule has 0 bridgehead atoms. The highest BCUT2D eigenvalue weighted by molar-refractivity contribution is 7.99. The van der Waals surface area contributed by atoms with Crippen molar-refractivity contribution in [1.82, 2.24) is 5.32 Å². The lowest BCUT2D eigenvalue weighted by molar-refractivity contribution is -0.119. The predicted molar refractivity (Wildman–Crippen MR) is 136 cm³/mol. The lowest BCUT2D eigenvalue weighted by atomic mass is 10.0. The molecule has 194 valence electrons. The van der Waals surface area contributed by atoms with E-state index in [1.54, 1.807) is 0 Å². The Bertz CT molecular complexity index is 442. The van der Waals surface area contributed by atoms with Crippen molar-refractivity contribution in [1.29, 1.82) is 0 Å². The van der Waals surface area contributed by atoms with Gasteiger partial charge in [-0.2, -0.15) is 11.8 Å². The molecular weight excluding hydrogens is 449 g/mol. The molecule has 0 aromatic carbocycles. The van der Waals surface area contributed by atoms with Crippen LogP contribution in [0.3, 0.4) is 0 Å². The number of unbranched alkanes of at least 4 members (excludes halogenated alkanes) is 13. The van der Waals surface area contributed by atoms with Crippen LogP contribution in [-0.4, -0.2) is 49.8 Å². The first-order chi connectivity index (χ1) is 15.2. The van der Waals surface area contributed by atoms with Crippen LogP contribution in [-0.2, 0) is 9.36 Å². The highest BCUT2D eigenvalue weighted by Crippen LogP contribution is 2.25. The van der Waals surface area contributed by atoms with Gasteiger partial charge in [0.1, 0.15) is 0 Å². The highest BCUT2D eigenvalue weighted by Gasteiger charge is 2.04.